The summed E-state index contributed by atoms with van der Waals surface area (Å²) in [6.07, 6.45) is 3.89. The van der Waals surface area contributed by atoms with E-state index in [0.29, 0.717) is 5.41 Å². The van der Waals surface area contributed by atoms with Crippen molar-refractivity contribution in [3.8, 4) is 0 Å². The van der Waals surface area contributed by atoms with E-state index in [1.807, 2.05) is 0 Å². The van der Waals surface area contributed by atoms with Crippen LogP contribution in [0.3, 0.4) is 0 Å². The zero-order valence-corrected chi connectivity index (χ0v) is 10.0. The standard InChI is InChI=1S/C12H22S/c1-5-9(2)6-11-7-10(3)12(11,4)8-13/h9,11,13H,3,5-8H2,1-2,4H3. The maximum absolute atomic E-state index is 4.44. The van der Waals surface area contributed by atoms with Crippen molar-refractivity contribution in [2.45, 2.75) is 40.0 Å². The molecule has 0 radical (unpaired) electrons. The molecule has 0 aromatic heterocycles. The van der Waals surface area contributed by atoms with E-state index in [9.17, 15) is 0 Å². The Morgan fingerprint density at radius 1 is 1.69 bits per heavy atom. The summed E-state index contributed by atoms with van der Waals surface area (Å²) in [6.45, 7) is 11.1. The van der Waals surface area contributed by atoms with Crippen LogP contribution in [0, 0.1) is 17.3 Å². The number of allylic oxidation sites excluding steroid dienone is 1. The summed E-state index contributed by atoms with van der Waals surface area (Å²) in [5, 5.41) is 0. The second kappa shape index (κ2) is 4.08. The van der Waals surface area contributed by atoms with Crippen LogP contribution in [0.25, 0.3) is 0 Å². The van der Waals surface area contributed by atoms with Crippen LogP contribution in [-0.2, 0) is 0 Å². The highest BCUT2D eigenvalue weighted by Gasteiger charge is 2.44. The van der Waals surface area contributed by atoms with Crippen LogP contribution in [-0.4, -0.2) is 5.75 Å². The number of rotatable bonds is 4. The molecule has 3 atom stereocenters. The van der Waals surface area contributed by atoms with Gasteiger partial charge in [-0.05, 0) is 30.4 Å². The average molecular weight is 198 g/mol. The third-order valence-electron chi connectivity index (χ3n) is 3.91. The molecule has 0 nitrogen and oxygen atoms in total. The summed E-state index contributed by atoms with van der Waals surface area (Å²) >= 11 is 4.44. The Labute approximate surface area is 88.2 Å². The molecule has 1 aliphatic rings. The third kappa shape index (κ3) is 1.96. The normalized spacial score (nSPS) is 35.7. The maximum atomic E-state index is 4.44. The minimum atomic E-state index is 0.340. The Bertz CT molecular complexity index is 197. The Balaban J connectivity index is 2.50. The molecule has 0 aromatic rings. The predicted molar refractivity (Wildman–Crippen MR) is 63.3 cm³/mol. The lowest BCUT2D eigenvalue weighted by molar-refractivity contribution is 0.140. The van der Waals surface area contributed by atoms with Crippen molar-refractivity contribution in [1.82, 2.24) is 0 Å². The Morgan fingerprint density at radius 3 is 2.69 bits per heavy atom. The van der Waals surface area contributed by atoms with Gasteiger partial charge in [0.2, 0.25) is 0 Å². The molecule has 13 heavy (non-hydrogen) atoms. The number of hydrogen-bond acceptors (Lipinski definition) is 1. The van der Waals surface area contributed by atoms with E-state index in [4.69, 9.17) is 0 Å². The summed E-state index contributed by atoms with van der Waals surface area (Å²) in [5.74, 6) is 2.66. The highest BCUT2D eigenvalue weighted by molar-refractivity contribution is 7.80. The van der Waals surface area contributed by atoms with Gasteiger partial charge in [0.25, 0.3) is 0 Å². The SMILES string of the molecule is C=C1CC(CC(C)CC)C1(C)CS. The first-order valence-electron chi connectivity index (χ1n) is 5.33. The summed E-state index contributed by atoms with van der Waals surface area (Å²) in [7, 11) is 0. The minimum Gasteiger partial charge on any atom is -0.178 e. The molecule has 0 aromatic carbocycles. The molecule has 1 fully saturated rings. The largest absolute Gasteiger partial charge is 0.178 e. The second-order valence-electron chi connectivity index (χ2n) is 4.83. The van der Waals surface area contributed by atoms with Crippen LogP contribution in [0.5, 0.6) is 0 Å². The van der Waals surface area contributed by atoms with Crippen molar-refractivity contribution in [1.29, 1.82) is 0 Å². The summed E-state index contributed by atoms with van der Waals surface area (Å²) in [6, 6.07) is 0. The molecular weight excluding hydrogens is 176 g/mol. The fourth-order valence-corrected chi connectivity index (χ4v) is 2.63. The van der Waals surface area contributed by atoms with Crippen molar-refractivity contribution in [2.75, 3.05) is 5.75 Å². The van der Waals surface area contributed by atoms with Crippen molar-refractivity contribution in [3.63, 3.8) is 0 Å². The van der Waals surface area contributed by atoms with Crippen molar-refractivity contribution < 1.29 is 0 Å². The van der Waals surface area contributed by atoms with Gasteiger partial charge >= 0.3 is 0 Å². The van der Waals surface area contributed by atoms with E-state index in [-0.39, 0.29) is 0 Å². The van der Waals surface area contributed by atoms with E-state index in [2.05, 4.69) is 40.0 Å². The molecule has 3 unspecified atom stereocenters. The molecule has 0 aliphatic heterocycles. The molecule has 0 spiro atoms. The van der Waals surface area contributed by atoms with Crippen LogP contribution in [0.2, 0.25) is 0 Å². The maximum Gasteiger partial charge on any atom is 0.0000466 e. The molecule has 0 amide bonds. The molecule has 1 heteroatoms. The molecule has 0 bridgehead atoms. The zero-order chi connectivity index (χ0) is 10.1. The molecule has 0 N–H and O–H groups in total. The van der Waals surface area contributed by atoms with Gasteiger partial charge in [0.1, 0.15) is 0 Å². The molecule has 76 valence electrons. The van der Waals surface area contributed by atoms with E-state index in [0.717, 1.165) is 17.6 Å². The van der Waals surface area contributed by atoms with Crippen molar-refractivity contribution in [2.24, 2.45) is 17.3 Å². The highest BCUT2D eigenvalue weighted by Crippen LogP contribution is 2.53. The van der Waals surface area contributed by atoms with Crippen LogP contribution in [0.15, 0.2) is 12.2 Å². The number of hydrogen-bond donors (Lipinski definition) is 1. The molecule has 0 saturated heterocycles. The molecule has 1 saturated carbocycles. The Morgan fingerprint density at radius 2 is 2.31 bits per heavy atom. The predicted octanol–water partition coefficient (Wildman–Crippen LogP) is 3.93. The molecule has 1 aliphatic carbocycles. The van der Waals surface area contributed by atoms with E-state index < -0.39 is 0 Å². The van der Waals surface area contributed by atoms with E-state index in [1.165, 1.54) is 24.8 Å². The molecule has 1 rings (SSSR count). The highest BCUT2D eigenvalue weighted by atomic mass is 32.1. The Kier molecular flexibility index (Phi) is 3.50. The van der Waals surface area contributed by atoms with E-state index >= 15 is 0 Å². The number of thiol groups is 1. The smallest absolute Gasteiger partial charge is 0.0000466 e. The van der Waals surface area contributed by atoms with Crippen molar-refractivity contribution in [3.05, 3.63) is 12.2 Å². The first kappa shape index (κ1) is 11.2. The van der Waals surface area contributed by atoms with Gasteiger partial charge in [-0.3, -0.25) is 0 Å². The van der Waals surface area contributed by atoms with Gasteiger partial charge in [0.05, 0.1) is 0 Å². The second-order valence-corrected chi connectivity index (χ2v) is 5.15. The van der Waals surface area contributed by atoms with Gasteiger partial charge in [-0.1, -0.05) is 39.3 Å². The Hall–Kier alpha value is 0.0900. The van der Waals surface area contributed by atoms with Crippen LogP contribution < -0.4 is 0 Å². The lowest BCUT2D eigenvalue weighted by Gasteiger charge is -2.50. The topological polar surface area (TPSA) is 0 Å². The lowest BCUT2D eigenvalue weighted by Crippen LogP contribution is -2.42. The van der Waals surface area contributed by atoms with Gasteiger partial charge < -0.3 is 0 Å². The molecular formula is C12H22S. The fourth-order valence-electron chi connectivity index (χ4n) is 2.15. The quantitative estimate of drug-likeness (QED) is 0.513. The summed E-state index contributed by atoms with van der Waals surface area (Å²) in [5.41, 5.74) is 1.75. The minimum absolute atomic E-state index is 0.340. The van der Waals surface area contributed by atoms with Gasteiger partial charge in [-0.25, -0.2) is 0 Å². The fraction of sp³-hybridized carbons (Fsp3) is 0.833. The lowest BCUT2D eigenvalue weighted by atomic mass is 9.57. The van der Waals surface area contributed by atoms with Crippen LogP contribution in [0.4, 0.5) is 0 Å². The molecule has 0 heterocycles. The van der Waals surface area contributed by atoms with Gasteiger partial charge in [0, 0.05) is 5.41 Å². The van der Waals surface area contributed by atoms with Crippen LogP contribution in [0.1, 0.15) is 40.0 Å². The monoisotopic (exact) mass is 198 g/mol. The average Bonchev–Trinajstić information content (AvgIpc) is 2.15. The zero-order valence-electron chi connectivity index (χ0n) is 9.14. The summed E-state index contributed by atoms with van der Waals surface area (Å²) in [4.78, 5) is 0. The summed E-state index contributed by atoms with van der Waals surface area (Å²) < 4.78 is 0. The first-order chi connectivity index (χ1) is 6.04. The first-order valence-corrected chi connectivity index (χ1v) is 5.97. The van der Waals surface area contributed by atoms with Crippen molar-refractivity contribution >= 4 is 12.6 Å². The van der Waals surface area contributed by atoms with Crippen LogP contribution >= 0.6 is 12.6 Å². The third-order valence-corrected chi connectivity index (χ3v) is 4.57. The van der Waals surface area contributed by atoms with Gasteiger partial charge in [-0.2, -0.15) is 12.6 Å². The van der Waals surface area contributed by atoms with Gasteiger partial charge in [-0.15, -0.1) is 0 Å². The van der Waals surface area contributed by atoms with E-state index in [1.54, 1.807) is 0 Å². The van der Waals surface area contributed by atoms with Gasteiger partial charge in [0.15, 0.2) is 0 Å².